The van der Waals surface area contributed by atoms with Crippen molar-refractivity contribution in [3.8, 4) is 10.4 Å². The van der Waals surface area contributed by atoms with Gasteiger partial charge in [0.2, 0.25) is 0 Å². The van der Waals surface area contributed by atoms with Gasteiger partial charge in [-0.2, -0.15) is 0 Å². The maximum atomic E-state index is 5.95. The van der Waals surface area contributed by atoms with E-state index in [2.05, 4.69) is 16.4 Å². The zero-order valence-corrected chi connectivity index (χ0v) is 10.9. The third-order valence-electron chi connectivity index (χ3n) is 2.82. The van der Waals surface area contributed by atoms with Crippen LogP contribution in [-0.2, 0) is 6.54 Å². The molecule has 2 aromatic rings. The molecule has 2 nitrogen and oxygen atoms in total. The van der Waals surface area contributed by atoms with Crippen molar-refractivity contribution in [1.29, 1.82) is 0 Å². The van der Waals surface area contributed by atoms with E-state index in [-0.39, 0.29) is 0 Å². The second-order valence-electron chi connectivity index (χ2n) is 4.34. The Morgan fingerprint density at radius 3 is 2.94 bits per heavy atom. The van der Waals surface area contributed by atoms with Gasteiger partial charge in [-0.1, -0.05) is 11.6 Å². The fraction of sp³-hybridized carbons (Fsp3) is 0.308. The van der Waals surface area contributed by atoms with Gasteiger partial charge >= 0.3 is 0 Å². The van der Waals surface area contributed by atoms with E-state index in [9.17, 15) is 0 Å². The van der Waals surface area contributed by atoms with Gasteiger partial charge in [0.15, 0.2) is 0 Å². The van der Waals surface area contributed by atoms with Crippen LogP contribution in [-0.4, -0.2) is 11.0 Å². The molecule has 1 N–H and O–H groups in total. The van der Waals surface area contributed by atoms with Crippen LogP contribution in [0.1, 0.15) is 18.4 Å². The second kappa shape index (κ2) is 4.77. The van der Waals surface area contributed by atoms with Gasteiger partial charge in [0.25, 0.3) is 0 Å². The molecule has 1 saturated carbocycles. The first-order valence-corrected chi connectivity index (χ1v) is 6.94. The highest BCUT2D eigenvalue weighted by Crippen LogP contribution is 2.30. The predicted molar refractivity (Wildman–Crippen MR) is 72.4 cm³/mol. The lowest BCUT2D eigenvalue weighted by atomic mass is 10.2. The minimum atomic E-state index is 0.731. The van der Waals surface area contributed by atoms with E-state index in [1.807, 2.05) is 24.5 Å². The molecule has 0 radical (unpaired) electrons. The van der Waals surface area contributed by atoms with Crippen LogP contribution in [0.15, 0.2) is 30.6 Å². The van der Waals surface area contributed by atoms with Gasteiger partial charge in [0.05, 0.1) is 4.34 Å². The van der Waals surface area contributed by atoms with Gasteiger partial charge in [-0.15, -0.1) is 11.3 Å². The number of nitrogens with zero attached hydrogens (tertiary/aromatic N) is 1. The van der Waals surface area contributed by atoms with Crippen LogP contribution in [0.2, 0.25) is 4.34 Å². The van der Waals surface area contributed by atoms with E-state index >= 15 is 0 Å². The lowest BCUT2D eigenvalue weighted by Crippen LogP contribution is -2.15. The molecule has 3 rings (SSSR count). The summed E-state index contributed by atoms with van der Waals surface area (Å²) in [4.78, 5) is 5.47. The number of pyridine rings is 1. The van der Waals surface area contributed by atoms with Gasteiger partial charge in [-0.3, -0.25) is 4.98 Å². The summed E-state index contributed by atoms with van der Waals surface area (Å²) in [6.45, 7) is 0.907. The first-order chi connectivity index (χ1) is 8.31. The highest BCUT2D eigenvalue weighted by molar-refractivity contribution is 7.19. The molecule has 0 atom stereocenters. The van der Waals surface area contributed by atoms with Crippen LogP contribution in [0.3, 0.4) is 0 Å². The van der Waals surface area contributed by atoms with Crippen molar-refractivity contribution in [1.82, 2.24) is 10.3 Å². The van der Waals surface area contributed by atoms with Crippen LogP contribution in [0, 0.1) is 0 Å². The third kappa shape index (κ3) is 2.86. The Morgan fingerprint density at radius 2 is 2.24 bits per heavy atom. The quantitative estimate of drug-likeness (QED) is 0.911. The third-order valence-corrected chi connectivity index (χ3v) is 4.11. The molecule has 1 aliphatic carbocycles. The Kier molecular flexibility index (Phi) is 3.14. The van der Waals surface area contributed by atoms with E-state index in [1.54, 1.807) is 11.3 Å². The Bertz CT molecular complexity index is 520. The average molecular weight is 265 g/mol. The monoisotopic (exact) mass is 264 g/mol. The first-order valence-electron chi connectivity index (χ1n) is 5.74. The highest BCUT2D eigenvalue weighted by Gasteiger charge is 2.19. The number of halogens is 1. The zero-order chi connectivity index (χ0) is 11.7. The minimum absolute atomic E-state index is 0.731. The lowest BCUT2D eigenvalue weighted by molar-refractivity contribution is 0.686. The molecule has 0 aliphatic heterocycles. The molecule has 2 aromatic heterocycles. The van der Waals surface area contributed by atoms with Crippen LogP contribution in [0.25, 0.3) is 10.4 Å². The topological polar surface area (TPSA) is 24.9 Å². The lowest BCUT2D eigenvalue weighted by Gasteiger charge is -2.04. The SMILES string of the molecule is Clc1ccc(-c2cncc(CNC3CC3)c2)s1. The molecule has 2 heterocycles. The van der Waals surface area contributed by atoms with Crippen molar-refractivity contribution in [2.45, 2.75) is 25.4 Å². The highest BCUT2D eigenvalue weighted by atomic mass is 35.5. The molecule has 0 unspecified atom stereocenters. The summed E-state index contributed by atoms with van der Waals surface area (Å²) in [6.07, 6.45) is 6.44. The molecule has 0 amide bonds. The maximum absolute atomic E-state index is 5.95. The number of rotatable bonds is 4. The van der Waals surface area contributed by atoms with Crippen molar-refractivity contribution in [2.75, 3.05) is 0 Å². The minimum Gasteiger partial charge on any atom is -0.310 e. The summed E-state index contributed by atoms with van der Waals surface area (Å²) < 4.78 is 0.821. The molecule has 0 saturated heterocycles. The number of hydrogen-bond acceptors (Lipinski definition) is 3. The Balaban J connectivity index is 1.77. The van der Waals surface area contributed by atoms with Gasteiger partial charge in [0, 0.05) is 35.4 Å². The van der Waals surface area contributed by atoms with E-state index in [4.69, 9.17) is 11.6 Å². The zero-order valence-electron chi connectivity index (χ0n) is 9.32. The smallest absolute Gasteiger partial charge is 0.0934 e. The molecule has 1 aliphatic rings. The molecule has 4 heteroatoms. The largest absolute Gasteiger partial charge is 0.310 e. The van der Waals surface area contributed by atoms with Gasteiger partial charge in [-0.25, -0.2) is 0 Å². The molecule has 1 fully saturated rings. The number of nitrogens with one attached hydrogen (secondary N) is 1. The van der Waals surface area contributed by atoms with Crippen LogP contribution in [0.5, 0.6) is 0 Å². The van der Waals surface area contributed by atoms with Gasteiger partial charge in [0.1, 0.15) is 0 Å². The van der Waals surface area contributed by atoms with Gasteiger partial charge in [-0.05, 0) is 36.6 Å². The van der Waals surface area contributed by atoms with E-state index in [1.165, 1.54) is 23.3 Å². The van der Waals surface area contributed by atoms with E-state index < -0.39 is 0 Å². The Morgan fingerprint density at radius 1 is 1.35 bits per heavy atom. The summed E-state index contributed by atoms with van der Waals surface area (Å²) in [6, 6.07) is 6.89. The molecule has 0 spiro atoms. The molecular weight excluding hydrogens is 252 g/mol. The van der Waals surface area contributed by atoms with Gasteiger partial charge < -0.3 is 5.32 Å². The summed E-state index contributed by atoms with van der Waals surface area (Å²) in [7, 11) is 0. The fourth-order valence-corrected chi connectivity index (χ4v) is 2.76. The van der Waals surface area contributed by atoms with Crippen molar-refractivity contribution < 1.29 is 0 Å². The summed E-state index contributed by atoms with van der Waals surface area (Å²) in [5.74, 6) is 0. The van der Waals surface area contributed by atoms with Crippen LogP contribution >= 0.6 is 22.9 Å². The fourth-order valence-electron chi connectivity index (χ4n) is 1.74. The normalized spacial score (nSPS) is 15.1. The number of thiophene rings is 1. The first kappa shape index (κ1) is 11.2. The van der Waals surface area contributed by atoms with Crippen LogP contribution in [0.4, 0.5) is 0 Å². The standard InChI is InChI=1S/C13H13ClN2S/c14-13-4-3-12(17-13)10-5-9(6-15-8-10)7-16-11-1-2-11/h3-6,8,11,16H,1-2,7H2. The number of hydrogen-bond donors (Lipinski definition) is 1. The van der Waals surface area contributed by atoms with E-state index in [0.717, 1.165) is 22.5 Å². The maximum Gasteiger partial charge on any atom is 0.0934 e. The Hall–Kier alpha value is -0.900. The molecule has 17 heavy (non-hydrogen) atoms. The van der Waals surface area contributed by atoms with Crippen molar-refractivity contribution in [2.24, 2.45) is 0 Å². The molecule has 88 valence electrons. The molecule has 0 aromatic carbocycles. The molecular formula is C13H13ClN2S. The van der Waals surface area contributed by atoms with E-state index in [0.29, 0.717) is 0 Å². The van der Waals surface area contributed by atoms with Crippen molar-refractivity contribution in [3.05, 3.63) is 40.5 Å². The summed E-state index contributed by atoms with van der Waals surface area (Å²) in [5.41, 5.74) is 2.39. The van der Waals surface area contributed by atoms with Crippen molar-refractivity contribution >= 4 is 22.9 Å². The number of aromatic nitrogens is 1. The predicted octanol–water partition coefficient (Wildman–Crippen LogP) is 3.72. The average Bonchev–Trinajstić information content (AvgIpc) is 3.08. The molecule has 0 bridgehead atoms. The van der Waals surface area contributed by atoms with Crippen molar-refractivity contribution in [3.63, 3.8) is 0 Å². The van der Waals surface area contributed by atoms with Crippen LogP contribution < -0.4 is 5.32 Å². The second-order valence-corrected chi connectivity index (χ2v) is 6.06. The Labute approximate surface area is 110 Å². The summed E-state index contributed by atoms with van der Waals surface area (Å²) in [5, 5.41) is 3.49. The summed E-state index contributed by atoms with van der Waals surface area (Å²) >= 11 is 7.54.